The number of ketones is 1. The van der Waals surface area contributed by atoms with Gasteiger partial charge in [-0.25, -0.2) is 0 Å². The molecule has 0 saturated carbocycles. The van der Waals surface area contributed by atoms with Gasteiger partial charge in [0.1, 0.15) is 6.61 Å². The van der Waals surface area contributed by atoms with Crippen LogP contribution in [0.25, 0.3) is 0 Å². The highest BCUT2D eigenvalue weighted by Gasteiger charge is 2.25. The van der Waals surface area contributed by atoms with E-state index in [1.54, 1.807) is 20.8 Å². The van der Waals surface area contributed by atoms with Crippen LogP contribution in [0.2, 0.25) is 0 Å². The Morgan fingerprint density at radius 3 is 2.55 bits per heavy atom. The van der Waals surface area contributed by atoms with Gasteiger partial charge in [0.05, 0.1) is 20.1 Å². The van der Waals surface area contributed by atoms with Gasteiger partial charge in [0.2, 0.25) is 5.75 Å². The number of nitrogens with zero attached hydrogens (tertiary/aromatic N) is 2. The van der Waals surface area contributed by atoms with Crippen LogP contribution in [-0.4, -0.2) is 17.3 Å². The van der Waals surface area contributed by atoms with Gasteiger partial charge in [-0.3, -0.25) is 14.9 Å². The van der Waals surface area contributed by atoms with Crippen LogP contribution >= 0.6 is 22.6 Å². The van der Waals surface area contributed by atoms with Gasteiger partial charge in [0, 0.05) is 11.5 Å². The Morgan fingerprint density at radius 2 is 2.10 bits per heavy atom. The largest absolute Gasteiger partial charge is 0.478 e. The van der Waals surface area contributed by atoms with Gasteiger partial charge in [-0.1, -0.05) is 20.8 Å². The Bertz CT molecular complexity index is 600. The lowest BCUT2D eigenvalue weighted by Gasteiger charge is -2.17. The summed E-state index contributed by atoms with van der Waals surface area (Å²) in [6, 6.07) is 4.46. The molecule has 7 heteroatoms. The number of rotatable bonds is 4. The minimum absolute atomic E-state index is 0.0206. The molecule has 0 saturated heterocycles. The van der Waals surface area contributed by atoms with E-state index in [0.717, 1.165) is 6.07 Å². The summed E-state index contributed by atoms with van der Waals surface area (Å²) < 4.78 is 5.73. The van der Waals surface area contributed by atoms with Crippen molar-refractivity contribution in [2.24, 2.45) is 5.41 Å². The topological polar surface area (TPSA) is 93.2 Å². The zero-order valence-corrected chi connectivity index (χ0v) is 13.4. The standard InChI is InChI=1S/C13H13IN2O4/c1-13(2,3)11(17)7-20-12-9(14)4-8(6-15)5-10(12)16(18)19/h4-5H,7H2,1-3H3. The number of nitro groups is 1. The second-order valence-electron chi connectivity index (χ2n) is 5.14. The van der Waals surface area contributed by atoms with Crippen molar-refractivity contribution >= 4 is 34.1 Å². The van der Waals surface area contributed by atoms with Crippen molar-refractivity contribution in [2.45, 2.75) is 20.8 Å². The zero-order valence-electron chi connectivity index (χ0n) is 11.3. The Kier molecular flexibility index (Phi) is 5.05. The predicted molar refractivity (Wildman–Crippen MR) is 80.5 cm³/mol. The molecule has 0 fully saturated rings. The summed E-state index contributed by atoms with van der Waals surface area (Å²) in [5, 5.41) is 19.8. The Hall–Kier alpha value is -1.69. The molecule has 0 aliphatic heterocycles. The van der Waals surface area contributed by atoms with Crippen LogP contribution in [0.1, 0.15) is 26.3 Å². The summed E-state index contributed by atoms with van der Waals surface area (Å²) in [5.74, 6) is -0.140. The first-order chi connectivity index (χ1) is 9.16. The molecule has 106 valence electrons. The number of Topliss-reactive ketones (excluding diaryl/α,β-unsaturated/α-hetero) is 1. The summed E-state index contributed by atoms with van der Waals surface area (Å²) in [5.41, 5.74) is -0.710. The number of hydrogen-bond donors (Lipinski definition) is 0. The summed E-state index contributed by atoms with van der Waals surface area (Å²) in [7, 11) is 0. The van der Waals surface area contributed by atoms with Crippen LogP contribution in [0.5, 0.6) is 5.75 Å². The third-order valence-electron chi connectivity index (χ3n) is 2.53. The molecule has 0 atom stereocenters. The van der Waals surface area contributed by atoms with E-state index in [0.29, 0.717) is 3.57 Å². The van der Waals surface area contributed by atoms with Gasteiger partial charge in [-0.2, -0.15) is 5.26 Å². The number of carbonyl (C=O) groups is 1. The fraction of sp³-hybridized carbons (Fsp3) is 0.385. The van der Waals surface area contributed by atoms with E-state index in [4.69, 9.17) is 10.00 Å². The molecular formula is C13H13IN2O4. The van der Waals surface area contributed by atoms with Crippen molar-refractivity contribution in [1.82, 2.24) is 0 Å². The Morgan fingerprint density at radius 1 is 1.50 bits per heavy atom. The quantitative estimate of drug-likeness (QED) is 0.449. The van der Waals surface area contributed by atoms with Crippen LogP contribution in [0, 0.1) is 30.4 Å². The number of carbonyl (C=O) groups excluding carboxylic acids is 1. The molecule has 1 aromatic carbocycles. The van der Waals surface area contributed by atoms with Crippen molar-refractivity contribution in [2.75, 3.05) is 6.61 Å². The first kappa shape index (κ1) is 16.4. The SMILES string of the molecule is CC(C)(C)C(=O)COc1c(I)cc(C#N)cc1[N+](=O)[O-]. The monoisotopic (exact) mass is 388 g/mol. The van der Waals surface area contributed by atoms with Crippen molar-refractivity contribution in [3.63, 3.8) is 0 Å². The summed E-state index contributed by atoms with van der Waals surface area (Å²) in [6.45, 7) is 5.00. The first-order valence-corrected chi connectivity index (χ1v) is 6.79. The van der Waals surface area contributed by atoms with Gasteiger partial charge in [-0.15, -0.1) is 0 Å². The highest BCUT2D eigenvalue weighted by Crippen LogP contribution is 2.33. The molecule has 0 radical (unpaired) electrons. The summed E-state index contributed by atoms with van der Waals surface area (Å²) in [6.07, 6.45) is 0. The van der Waals surface area contributed by atoms with Crippen LogP contribution in [-0.2, 0) is 4.79 Å². The Labute approximate surface area is 130 Å². The molecule has 0 aliphatic rings. The third-order valence-corrected chi connectivity index (χ3v) is 3.34. The van der Waals surface area contributed by atoms with E-state index in [-0.39, 0.29) is 29.4 Å². The van der Waals surface area contributed by atoms with Crippen molar-refractivity contribution in [3.8, 4) is 11.8 Å². The minimum atomic E-state index is -0.625. The number of nitriles is 1. The third kappa shape index (κ3) is 3.90. The Balaban J connectivity index is 3.10. The number of halogens is 1. The molecule has 0 heterocycles. The first-order valence-electron chi connectivity index (χ1n) is 5.71. The predicted octanol–water partition coefficient (Wildman–Crippen LogP) is 3.07. The number of hydrogen-bond acceptors (Lipinski definition) is 5. The van der Waals surface area contributed by atoms with E-state index >= 15 is 0 Å². The molecule has 0 spiro atoms. The average molecular weight is 388 g/mol. The number of benzene rings is 1. The van der Waals surface area contributed by atoms with Crippen LogP contribution < -0.4 is 4.74 Å². The van der Waals surface area contributed by atoms with Gasteiger partial charge in [0.15, 0.2) is 5.78 Å². The molecule has 1 rings (SSSR count). The number of nitro benzene ring substituents is 1. The summed E-state index contributed by atoms with van der Waals surface area (Å²) in [4.78, 5) is 22.2. The smallest absolute Gasteiger partial charge is 0.313 e. The highest BCUT2D eigenvalue weighted by molar-refractivity contribution is 14.1. The highest BCUT2D eigenvalue weighted by atomic mass is 127. The van der Waals surface area contributed by atoms with Crippen LogP contribution in [0.4, 0.5) is 5.69 Å². The lowest BCUT2D eigenvalue weighted by Crippen LogP contribution is -2.26. The minimum Gasteiger partial charge on any atom is -0.478 e. The van der Waals surface area contributed by atoms with Gasteiger partial charge in [-0.05, 0) is 28.7 Å². The molecule has 0 amide bonds. The molecule has 6 nitrogen and oxygen atoms in total. The van der Waals surface area contributed by atoms with Crippen LogP contribution in [0.15, 0.2) is 12.1 Å². The molecule has 1 aromatic rings. The van der Waals surface area contributed by atoms with Crippen molar-refractivity contribution in [1.29, 1.82) is 5.26 Å². The van der Waals surface area contributed by atoms with Gasteiger partial charge < -0.3 is 4.74 Å². The normalized spacial score (nSPS) is 10.8. The maximum atomic E-state index is 11.8. The van der Waals surface area contributed by atoms with Crippen molar-refractivity contribution < 1.29 is 14.5 Å². The number of ether oxygens (including phenoxy) is 1. The van der Waals surface area contributed by atoms with Gasteiger partial charge in [0.25, 0.3) is 0 Å². The molecule has 0 bridgehead atoms. The van der Waals surface area contributed by atoms with E-state index in [2.05, 4.69) is 0 Å². The van der Waals surface area contributed by atoms with Crippen molar-refractivity contribution in [3.05, 3.63) is 31.4 Å². The lowest BCUT2D eigenvalue weighted by molar-refractivity contribution is -0.385. The molecule has 0 N–H and O–H groups in total. The second kappa shape index (κ2) is 6.17. The fourth-order valence-corrected chi connectivity index (χ4v) is 2.04. The van der Waals surface area contributed by atoms with E-state index in [1.165, 1.54) is 6.07 Å². The maximum Gasteiger partial charge on any atom is 0.313 e. The van der Waals surface area contributed by atoms with Gasteiger partial charge >= 0.3 is 5.69 Å². The van der Waals surface area contributed by atoms with Crippen LogP contribution in [0.3, 0.4) is 0 Å². The average Bonchev–Trinajstić information content (AvgIpc) is 2.34. The summed E-state index contributed by atoms with van der Waals surface area (Å²) >= 11 is 1.84. The fourth-order valence-electron chi connectivity index (χ4n) is 1.28. The molecule has 20 heavy (non-hydrogen) atoms. The lowest BCUT2D eigenvalue weighted by atomic mass is 9.91. The molecular weight excluding hydrogens is 375 g/mol. The maximum absolute atomic E-state index is 11.8. The molecule has 0 aromatic heterocycles. The molecule has 0 aliphatic carbocycles. The molecule has 0 unspecified atom stereocenters. The van der Waals surface area contributed by atoms with E-state index < -0.39 is 10.3 Å². The van der Waals surface area contributed by atoms with E-state index in [9.17, 15) is 14.9 Å². The van der Waals surface area contributed by atoms with E-state index in [1.807, 2.05) is 28.7 Å². The second-order valence-corrected chi connectivity index (χ2v) is 6.30. The zero-order chi connectivity index (χ0) is 15.5.